The van der Waals surface area contributed by atoms with Crippen molar-refractivity contribution in [3.05, 3.63) is 77.2 Å². The SMILES string of the molecule is C=C/C=C\c1c(C)c2ccccc2n1-c1cncc(Br)c1. The van der Waals surface area contributed by atoms with Gasteiger partial charge in [0.15, 0.2) is 0 Å². The predicted octanol–water partition coefficient (Wildman–Crippen LogP) is 5.30. The van der Waals surface area contributed by atoms with Gasteiger partial charge in [0, 0.05) is 21.7 Å². The topological polar surface area (TPSA) is 17.8 Å². The van der Waals surface area contributed by atoms with Gasteiger partial charge in [-0.1, -0.05) is 36.9 Å². The van der Waals surface area contributed by atoms with Crippen molar-refractivity contribution in [3.8, 4) is 5.69 Å². The van der Waals surface area contributed by atoms with Gasteiger partial charge in [-0.3, -0.25) is 4.98 Å². The van der Waals surface area contributed by atoms with Crippen LogP contribution in [0.4, 0.5) is 0 Å². The van der Waals surface area contributed by atoms with E-state index < -0.39 is 0 Å². The fraction of sp³-hybridized carbons (Fsp3) is 0.0556. The molecule has 0 unspecified atom stereocenters. The predicted molar refractivity (Wildman–Crippen MR) is 92.7 cm³/mol. The van der Waals surface area contributed by atoms with Crippen LogP contribution in [0, 0.1) is 6.92 Å². The summed E-state index contributed by atoms with van der Waals surface area (Å²) < 4.78 is 3.19. The van der Waals surface area contributed by atoms with Gasteiger partial charge in [-0.05, 0) is 46.6 Å². The third-order valence-corrected chi connectivity index (χ3v) is 3.95. The van der Waals surface area contributed by atoms with Crippen LogP contribution in [-0.2, 0) is 0 Å². The molecule has 2 nitrogen and oxygen atoms in total. The second kappa shape index (κ2) is 5.70. The number of hydrogen-bond acceptors (Lipinski definition) is 1. The van der Waals surface area contributed by atoms with Gasteiger partial charge in [-0.25, -0.2) is 0 Å². The molecule has 0 N–H and O–H groups in total. The van der Waals surface area contributed by atoms with E-state index in [1.54, 1.807) is 12.3 Å². The molecule has 0 aliphatic heterocycles. The van der Waals surface area contributed by atoms with Crippen molar-refractivity contribution in [1.29, 1.82) is 0 Å². The maximum absolute atomic E-state index is 4.29. The number of para-hydroxylation sites is 1. The molecule has 0 radical (unpaired) electrons. The van der Waals surface area contributed by atoms with Crippen molar-refractivity contribution in [2.24, 2.45) is 0 Å². The third-order valence-electron chi connectivity index (χ3n) is 3.51. The Bertz CT molecular complexity index is 844. The molecule has 3 rings (SSSR count). The molecule has 2 aromatic heterocycles. The minimum Gasteiger partial charge on any atom is -0.308 e. The van der Waals surface area contributed by atoms with Gasteiger partial charge in [-0.2, -0.15) is 0 Å². The molecule has 0 saturated carbocycles. The van der Waals surface area contributed by atoms with Crippen LogP contribution in [0.5, 0.6) is 0 Å². The lowest BCUT2D eigenvalue weighted by Crippen LogP contribution is -1.97. The van der Waals surface area contributed by atoms with Crippen LogP contribution in [0.3, 0.4) is 0 Å². The first-order valence-electron chi connectivity index (χ1n) is 6.72. The van der Waals surface area contributed by atoms with Gasteiger partial charge in [0.2, 0.25) is 0 Å². The lowest BCUT2D eigenvalue weighted by Gasteiger charge is -2.09. The summed E-state index contributed by atoms with van der Waals surface area (Å²) >= 11 is 3.50. The zero-order valence-corrected chi connectivity index (χ0v) is 13.3. The smallest absolute Gasteiger partial charge is 0.0656 e. The summed E-state index contributed by atoms with van der Waals surface area (Å²) in [4.78, 5) is 4.29. The van der Waals surface area contributed by atoms with Crippen LogP contribution in [0.2, 0.25) is 0 Å². The highest BCUT2D eigenvalue weighted by molar-refractivity contribution is 9.10. The summed E-state index contributed by atoms with van der Waals surface area (Å²) in [7, 11) is 0. The maximum Gasteiger partial charge on any atom is 0.0656 e. The number of nitrogens with zero attached hydrogens (tertiary/aromatic N) is 2. The van der Waals surface area contributed by atoms with E-state index in [1.807, 2.05) is 12.3 Å². The van der Waals surface area contributed by atoms with Crippen LogP contribution in [-0.4, -0.2) is 9.55 Å². The molecule has 3 aromatic rings. The molecule has 0 bridgehead atoms. The number of halogens is 1. The summed E-state index contributed by atoms with van der Waals surface area (Å²) in [5.74, 6) is 0. The van der Waals surface area contributed by atoms with Crippen molar-refractivity contribution < 1.29 is 0 Å². The van der Waals surface area contributed by atoms with Crippen LogP contribution >= 0.6 is 15.9 Å². The average Bonchev–Trinajstić information content (AvgIpc) is 2.78. The van der Waals surface area contributed by atoms with Gasteiger partial charge in [0.25, 0.3) is 0 Å². The minimum absolute atomic E-state index is 0.967. The molecule has 1 aromatic carbocycles. The fourth-order valence-electron chi connectivity index (χ4n) is 2.58. The highest BCUT2D eigenvalue weighted by Crippen LogP contribution is 2.30. The van der Waals surface area contributed by atoms with Gasteiger partial charge in [0.05, 0.1) is 17.4 Å². The number of aromatic nitrogens is 2. The lowest BCUT2D eigenvalue weighted by molar-refractivity contribution is 1.07. The number of benzene rings is 1. The first kappa shape index (κ1) is 13.8. The van der Waals surface area contributed by atoms with Gasteiger partial charge in [0.1, 0.15) is 0 Å². The monoisotopic (exact) mass is 338 g/mol. The van der Waals surface area contributed by atoms with Crippen molar-refractivity contribution in [3.63, 3.8) is 0 Å². The summed E-state index contributed by atoms with van der Waals surface area (Å²) in [6.45, 7) is 5.91. The van der Waals surface area contributed by atoms with Crippen LogP contribution in [0.1, 0.15) is 11.3 Å². The fourth-order valence-corrected chi connectivity index (χ4v) is 2.93. The normalized spacial score (nSPS) is 11.3. The summed E-state index contributed by atoms with van der Waals surface area (Å²) in [6, 6.07) is 10.5. The summed E-state index contributed by atoms with van der Waals surface area (Å²) in [5, 5.41) is 1.25. The van der Waals surface area contributed by atoms with E-state index in [0.717, 1.165) is 15.9 Å². The molecule has 0 spiro atoms. The molecule has 0 saturated heterocycles. The zero-order chi connectivity index (χ0) is 14.8. The molecule has 0 aliphatic carbocycles. The van der Waals surface area contributed by atoms with Crippen molar-refractivity contribution in [2.75, 3.05) is 0 Å². The maximum atomic E-state index is 4.29. The Balaban J connectivity index is 2.38. The highest BCUT2D eigenvalue weighted by Gasteiger charge is 2.13. The highest BCUT2D eigenvalue weighted by atomic mass is 79.9. The van der Waals surface area contributed by atoms with Crippen molar-refractivity contribution in [2.45, 2.75) is 6.92 Å². The Labute approximate surface area is 132 Å². The average molecular weight is 339 g/mol. The molecule has 0 aliphatic rings. The van der Waals surface area contributed by atoms with E-state index >= 15 is 0 Å². The van der Waals surface area contributed by atoms with Gasteiger partial charge in [-0.15, -0.1) is 0 Å². The third kappa shape index (κ3) is 2.45. The molecule has 21 heavy (non-hydrogen) atoms. The zero-order valence-electron chi connectivity index (χ0n) is 11.8. The van der Waals surface area contributed by atoms with Crippen LogP contribution in [0.25, 0.3) is 22.7 Å². The summed E-state index contributed by atoms with van der Waals surface area (Å²) in [5.41, 5.74) is 4.62. The van der Waals surface area contributed by atoms with Crippen LogP contribution < -0.4 is 0 Å². The van der Waals surface area contributed by atoms with Crippen molar-refractivity contribution >= 4 is 32.9 Å². The Morgan fingerprint density at radius 3 is 2.81 bits per heavy atom. The van der Waals surface area contributed by atoms with E-state index in [-0.39, 0.29) is 0 Å². The minimum atomic E-state index is 0.967. The number of fused-ring (bicyclic) bond motifs is 1. The van der Waals surface area contributed by atoms with Crippen LogP contribution in [0.15, 0.2) is 65.9 Å². The first-order valence-corrected chi connectivity index (χ1v) is 7.51. The van der Waals surface area contributed by atoms with Crippen molar-refractivity contribution in [1.82, 2.24) is 9.55 Å². The van der Waals surface area contributed by atoms with E-state index in [0.29, 0.717) is 0 Å². The Morgan fingerprint density at radius 1 is 1.24 bits per heavy atom. The van der Waals surface area contributed by atoms with E-state index in [1.165, 1.54) is 16.5 Å². The Hall–Kier alpha value is -2.13. The molecular weight excluding hydrogens is 324 g/mol. The van der Waals surface area contributed by atoms with E-state index in [4.69, 9.17) is 0 Å². The molecule has 0 amide bonds. The standard InChI is InChI=1S/C18H15BrN2/c1-3-4-8-17-13(2)16-7-5-6-9-18(16)21(17)15-10-14(19)11-20-12-15/h3-12H,1H2,2H3/b8-4-. The largest absolute Gasteiger partial charge is 0.308 e. The molecule has 104 valence electrons. The molecule has 0 fully saturated rings. The van der Waals surface area contributed by atoms with E-state index in [2.05, 4.69) is 75.4 Å². The second-order valence-electron chi connectivity index (χ2n) is 4.82. The Kier molecular flexibility index (Phi) is 3.76. The molecule has 0 atom stereocenters. The number of hydrogen-bond donors (Lipinski definition) is 0. The quantitative estimate of drug-likeness (QED) is 0.593. The number of aryl methyl sites for hydroxylation is 1. The van der Waals surface area contributed by atoms with E-state index in [9.17, 15) is 0 Å². The van der Waals surface area contributed by atoms with Gasteiger partial charge < -0.3 is 4.57 Å². The lowest BCUT2D eigenvalue weighted by atomic mass is 10.1. The molecule has 3 heteroatoms. The summed E-state index contributed by atoms with van der Waals surface area (Å²) in [6.07, 6.45) is 9.51. The van der Waals surface area contributed by atoms with Gasteiger partial charge >= 0.3 is 0 Å². The molecule has 2 heterocycles. The first-order chi connectivity index (χ1) is 10.2. The Morgan fingerprint density at radius 2 is 2.05 bits per heavy atom. The molecular formula is C18H15BrN2. The number of rotatable bonds is 3. The number of allylic oxidation sites excluding steroid dienone is 2. The second-order valence-corrected chi connectivity index (χ2v) is 5.73. The number of pyridine rings is 1.